The van der Waals surface area contributed by atoms with Gasteiger partial charge in [0.1, 0.15) is 10.7 Å². The van der Waals surface area contributed by atoms with Crippen LogP contribution in [0, 0.1) is 5.82 Å². The normalized spacial score (nSPS) is 16.0. The van der Waals surface area contributed by atoms with E-state index in [9.17, 15) is 12.8 Å². The van der Waals surface area contributed by atoms with E-state index in [-0.39, 0.29) is 18.0 Å². The van der Waals surface area contributed by atoms with E-state index in [4.69, 9.17) is 11.6 Å². The number of hydrogen-bond donors (Lipinski definition) is 0. The molecule has 4 rings (SSSR count). The SMILES string of the molecule is O=S(=O)(c1ccccc1F)N1CCN(c2ccnc3cc(Cl)ccc23)CC1. The van der Waals surface area contributed by atoms with E-state index < -0.39 is 15.8 Å². The summed E-state index contributed by atoms with van der Waals surface area (Å²) >= 11 is 6.04. The number of fused-ring (bicyclic) bond motifs is 1. The summed E-state index contributed by atoms with van der Waals surface area (Å²) in [5, 5.41) is 1.58. The molecular formula is C19H17ClFN3O2S. The third kappa shape index (κ3) is 3.38. The van der Waals surface area contributed by atoms with Crippen molar-refractivity contribution in [1.29, 1.82) is 0 Å². The first-order chi connectivity index (χ1) is 13.0. The van der Waals surface area contributed by atoms with Gasteiger partial charge in [0.25, 0.3) is 0 Å². The molecule has 27 heavy (non-hydrogen) atoms. The van der Waals surface area contributed by atoms with Crippen LogP contribution in [0.2, 0.25) is 5.02 Å². The number of nitrogens with zero attached hydrogens (tertiary/aromatic N) is 3. The fourth-order valence-electron chi connectivity index (χ4n) is 3.34. The number of piperazine rings is 1. The Kier molecular flexibility index (Phi) is 4.75. The maximum Gasteiger partial charge on any atom is 0.246 e. The molecule has 140 valence electrons. The maximum absolute atomic E-state index is 14.0. The van der Waals surface area contributed by atoms with E-state index in [0.717, 1.165) is 22.7 Å². The van der Waals surface area contributed by atoms with Gasteiger partial charge >= 0.3 is 0 Å². The van der Waals surface area contributed by atoms with Crippen LogP contribution in [0.4, 0.5) is 10.1 Å². The van der Waals surface area contributed by atoms with Crippen molar-refractivity contribution in [3.05, 3.63) is 65.6 Å². The van der Waals surface area contributed by atoms with Gasteiger partial charge in [0.15, 0.2) is 0 Å². The Morgan fingerprint density at radius 2 is 1.74 bits per heavy atom. The average molecular weight is 406 g/mol. The number of rotatable bonds is 3. The molecule has 2 heterocycles. The molecule has 0 spiro atoms. The molecule has 0 amide bonds. The van der Waals surface area contributed by atoms with Crippen molar-refractivity contribution in [3.63, 3.8) is 0 Å². The van der Waals surface area contributed by atoms with Gasteiger partial charge in [-0.3, -0.25) is 4.98 Å². The highest BCUT2D eigenvalue weighted by atomic mass is 35.5. The summed E-state index contributed by atoms with van der Waals surface area (Å²) in [6, 6.07) is 12.9. The first-order valence-electron chi connectivity index (χ1n) is 8.51. The Hall–Kier alpha value is -2.22. The number of benzene rings is 2. The summed E-state index contributed by atoms with van der Waals surface area (Å²) in [5.41, 5.74) is 1.78. The number of sulfonamides is 1. The lowest BCUT2D eigenvalue weighted by Crippen LogP contribution is -2.48. The molecule has 0 unspecified atom stereocenters. The molecule has 1 fully saturated rings. The molecule has 0 aliphatic carbocycles. The lowest BCUT2D eigenvalue weighted by Gasteiger charge is -2.35. The summed E-state index contributed by atoms with van der Waals surface area (Å²) in [6.07, 6.45) is 1.72. The van der Waals surface area contributed by atoms with E-state index >= 15 is 0 Å². The fraction of sp³-hybridized carbons (Fsp3) is 0.211. The second kappa shape index (κ2) is 7.07. The highest BCUT2D eigenvalue weighted by Crippen LogP contribution is 2.29. The highest BCUT2D eigenvalue weighted by Gasteiger charge is 2.30. The number of pyridine rings is 1. The van der Waals surface area contributed by atoms with Gasteiger partial charge in [-0.05, 0) is 36.4 Å². The molecule has 5 nitrogen and oxygen atoms in total. The van der Waals surface area contributed by atoms with E-state index in [1.165, 1.54) is 22.5 Å². The molecular weight excluding hydrogens is 389 g/mol. The van der Waals surface area contributed by atoms with Crippen LogP contribution in [0.15, 0.2) is 59.6 Å². The van der Waals surface area contributed by atoms with Gasteiger partial charge in [-0.15, -0.1) is 0 Å². The Bertz CT molecular complexity index is 1100. The summed E-state index contributed by atoms with van der Waals surface area (Å²) in [4.78, 5) is 6.18. The summed E-state index contributed by atoms with van der Waals surface area (Å²) < 4.78 is 40.8. The van der Waals surface area contributed by atoms with E-state index in [1.54, 1.807) is 12.3 Å². The summed E-state index contributed by atoms with van der Waals surface area (Å²) in [7, 11) is -3.84. The molecule has 0 N–H and O–H groups in total. The molecule has 1 saturated heterocycles. The molecule has 1 aliphatic rings. The standard InChI is InChI=1S/C19H17ClFN3O2S/c20-14-5-6-15-17(13-14)22-8-7-18(15)23-9-11-24(12-10-23)27(25,26)19-4-2-1-3-16(19)21/h1-8,13H,9-12H2. The van der Waals surface area contributed by atoms with Crippen LogP contribution in [0.5, 0.6) is 0 Å². The van der Waals surface area contributed by atoms with Gasteiger partial charge in [0, 0.05) is 48.5 Å². The molecule has 1 aliphatic heterocycles. The predicted molar refractivity (Wildman–Crippen MR) is 104 cm³/mol. The van der Waals surface area contributed by atoms with Crippen molar-refractivity contribution >= 4 is 38.2 Å². The van der Waals surface area contributed by atoms with Gasteiger partial charge in [-0.25, -0.2) is 12.8 Å². The second-order valence-corrected chi connectivity index (χ2v) is 8.66. The van der Waals surface area contributed by atoms with Crippen molar-refractivity contribution in [1.82, 2.24) is 9.29 Å². The third-order valence-electron chi connectivity index (χ3n) is 4.72. The monoisotopic (exact) mass is 405 g/mol. The smallest absolute Gasteiger partial charge is 0.246 e. The highest BCUT2D eigenvalue weighted by molar-refractivity contribution is 7.89. The second-order valence-electron chi connectivity index (χ2n) is 6.31. The average Bonchev–Trinajstić information content (AvgIpc) is 2.67. The number of aromatic nitrogens is 1. The van der Waals surface area contributed by atoms with Gasteiger partial charge in [0.05, 0.1) is 5.52 Å². The zero-order valence-electron chi connectivity index (χ0n) is 14.3. The molecule has 0 bridgehead atoms. The topological polar surface area (TPSA) is 53.5 Å². The van der Waals surface area contributed by atoms with Crippen LogP contribution in [-0.2, 0) is 10.0 Å². The van der Waals surface area contributed by atoms with E-state index in [0.29, 0.717) is 18.1 Å². The Balaban J connectivity index is 1.57. The Morgan fingerprint density at radius 3 is 2.48 bits per heavy atom. The minimum absolute atomic E-state index is 0.276. The van der Waals surface area contributed by atoms with Crippen molar-refractivity contribution in [2.24, 2.45) is 0 Å². The molecule has 2 aromatic carbocycles. The number of anilines is 1. The zero-order chi connectivity index (χ0) is 19.0. The Morgan fingerprint density at radius 1 is 1.00 bits per heavy atom. The molecule has 0 saturated carbocycles. The predicted octanol–water partition coefficient (Wildman–Crippen LogP) is 3.54. The van der Waals surface area contributed by atoms with Crippen molar-refractivity contribution in [2.45, 2.75) is 4.90 Å². The van der Waals surface area contributed by atoms with Crippen LogP contribution in [0.3, 0.4) is 0 Å². The number of halogens is 2. The fourth-order valence-corrected chi connectivity index (χ4v) is 5.00. The minimum Gasteiger partial charge on any atom is -0.368 e. The molecule has 3 aromatic rings. The lowest BCUT2D eigenvalue weighted by molar-refractivity contribution is 0.382. The van der Waals surface area contributed by atoms with Crippen molar-refractivity contribution in [3.8, 4) is 0 Å². The van der Waals surface area contributed by atoms with Crippen molar-refractivity contribution < 1.29 is 12.8 Å². The minimum atomic E-state index is -3.84. The summed E-state index contributed by atoms with van der Waals surface area (Å²) in [5.74, 6) is -0.725. The molecule has 1 aromatic heterocycles. The quantitative estimate of drug-likeness (QED) is 0.668. The van der Waals surface area contributed by atoms with Gasteiger partial charge in [-0.1, -0.05) is 23.7 Å². The van der Waals surface area contributed by atoms with Crippen LogP contribution in [0.25, 0.3) is 10.9 Å². The molecule has 0 atom stereocenters. The van der Waals surface area contributed by atoms with Crippen LogP contribution in [0.1, 0.15) is 0 Å². The lowest BCUT2D eigenvalue weighted by atomic mass is 10.1. The summed E-state index contributed by atoms with van der Waals surface area (Å²) in [6.45, 7) is 1.59. The molecule has 0 radical (unpaired) electrons. The zero-order valence-corrected chi connectivity index (χ0v) is 15.9. The molecule has 8 heteroatoms. The van der Waals surface area contributed by atoms with Gasteiger partial charge < -0.3 is 4.90 Å². The first-order valence-corrected chi connectivity index (χ1v) is 10.3. The van der Waals surface area contributed by atoms with Crippen LogP contribution < -0.4 is 4.90 Å². The van der Waals surface area contributed by atoms with Crippen molar-refractivity contribution in [2.75, 3.05) is 31.1 Å². The van der Waals surface area contributed by atoms with E-state index in [2.05, 4.69) is 9.88 Å². The largest absolute Gasteiger partial charge is 0.368 e. The number of hydrogen-bond acceptors (Lipinski definition) is 4. The van der Waals surface area contributed by atoms with Gasteiger partial charge in [0.2, 0.25) is 10.0 Å². The Labute approximate surface area is 162 Å². The van der Waals surface area contributed by atoms with Gasteiger partial charge in [-0.2, -0.15) is 4.31 Å². The van der Waals surface area contributed by atoms with Crippen LogP contribution in [-0.4, -0.2) is 43.9 Å². The van der Waals surface area contributed by atoms with Crippen LogP contribution >= 0.6 is 11.6 Å². The van der Waals surface area contributed by atoms with E-state index in [1.807, 2.05) is 18.2 Å². The third-order valence-corrected chi connectivity index (χ3v) is 6.88. The maximum atomic E-state index is 14.0. The first kappa shape index (κ1) is 18.2.